The molecule has 4 heteroatoms. The number of hydrogen-bond donors (Lipinski definition) is 1. The van der Waals surface area contributed by atoms with Crippen LogP contribution in [0.5, 0.6) is 0 Å². The molecule has 0 spiro atoms. The summed E-state index contributed by atoms with van der Waals surface area (Å²) in [4.78, 5) is 27.4. The highest BCUT2D eigenvalue weighted by Crippen LogP contribution is 1.54. The molecule has 0 saturated carbocycles. The van der Waals surface area contributed by atoms with Gasteiger partial charge in [-0.1, -0.05) is 19.7 Å². The van der Waals surface area contributed by atoms with Crippen molar-refractivity contribution >= 4 is 18.5 Å². The van der Waals surface area contributed by atoms with Crippen molar-refractivity contribution in [2.24, 2.45) is 0 Å². The van der Waals surface area contributed by atoms with Crippen molar-refractivity contribution < 1.29 is 19.5 Å². The first-order valence-corrected chi connectivity index (χ1v) is 3.08. The molecule has 72 valence electrons. The van der Waals surface area contributed by atoms with Crippen LogP contribution in [0.15, 0.2) is 38.0 Å². The van der Waals surface area contributed by atoms with Gasteiger partial charge in [-0.2, -0.15) is 0 Å². The van der Waals surface area contributed by atoms with E-state index in [1.54, 1.807) is 0 Å². The van der Waals surface area contributed by atoms with E-state index in [1.807, 2.05) is 0 Å². The van der Waals surface area contributed by atoms with E-state index >= 15 is 0 Å². The first-order chi connectivity index (χ1) is 6.10. The number of hydrogen-bond acceptors (Lipinski definition) is 3. The molecule has 0 rings (SSSR count). The molecule has 0 aromatic carbocycles. The third kappa shape index (κ3) is 157. The highest BCUT2D eigenvalue weighted by Gasteiger charge is 1.73. The summed E-state index contributed by atoms with van der Waals surface area (Å²) in [6.07, 6.45) is 4.50. The van der Waals surface area contributed by atoms with Crippen LogP contribution in [-0.4, -0.2) is 23.6 Å². The van der Waals surface area contributed by atoms with Crippen molar-refractivity contribution in [3.63, 3.8) is 0 Å². The van der Waals surface area contributed by atoms with Gasteiger partial charge in [0.25, 0.3) is 0 Å². The Hall–Kier alpha value is -1.97. The Morgan fingerprint density at radius 2 is 1.15 bits per heavy atom. The predicted octanol–water partition coefficient (Wildman–Crippen LogP) is 1.000. The van der Waals surface area contributed by atoms with Gasteiger partial charge in [-0.15, -0.1) is 0 Å². The lowest BCUT2D eigenvalue weighted by Gasteiger charge is -1.64. The molecular weight excluding hydrogens is 172 g/mol. The normalized spacial score (nSPS) is 5.54. The number of aldehydes is 2. The summed E-state index contributed by atoms with van der Waals surface area (Å²) in [5.41, 5.74) is 0. The Morgan fingerprint density at radius 3 is 1.15 bits per heavy atom. The number of aliphatic carboxylic acids is 1. The summed E-state index contributed by atoms with van der Waals surface area (Å²) in [5, 5.41) is 7.60. The molecule has 0 amide bonds. The monoisotopic (exact) mass is 184 g/mol. The highest BCUT2D eigenvalue weighted by molar-refractivity contribution is 5.78. The molecule has 0 fully saturated rings. The minimum atomic E-state index is -0.981. The van der Waals surface area contributed by atoms with E-state index in [0.717, 1.165) is 6.08 Å². The van der Waals surface area contributed by atoms with E-state index in [1.165, 1.54) is 12.2 Å². The van der Waals surface area contributed by atoms with Crippen LogP contribution in [-0.2, 0) is 14.4 Å². The fourth-order valence-electron chi connectivity index (χ4n) is 0. The Kier molecular flexibility index (Phi) is 29.8. The number of rotatable bonds is 3. The second-order valence-corrected chi connectivity index (χ2v) is 1.29. The van der Waals surface area contributed by atoms with Crippen LogP contribution in [0.1, 0.15) is 0 Å². The van der Waals surface area contributed by atoms with Gasteiger partial charge in [-0.05, 0) is 12.2 Å². The van der Waals surface area contributed by atoms with Gasteiger partial charge in [0.15, 0.2) is 0 Å². The van der Waals surface area contributed by atoms with Gasteiger partial charge in [0, 0.05) is 6.08 Å². The third-order valence-corrected chi connectivity index (χ3v) is 0.367. The maximum absolute atomic E-state index is 9.25. The SMILES string of the molecule is C=CC(=O)O.C=CC=O.C=CC=O. The maximum Gasteiger partial charge on any atom is 0.327 e. The zero-order valence-electron chi connectivity index (χ0n) is 7.18. The van der Waals surface area contributed by atoms with Crippen molar-refractivity contribution in [2.45, 2.75) is 0 Å². The summed E-state index contributed by atoms with van der Waals surface area (Å²) in [6.45, 7) is 9.18. The molecule has 0 aromatic heterocycles. The zero-order chi connectivity index (χ0) is 11.1. The van der Waals surface area contributed by atoms with Gasteiger partial charge >= 0.3 is 5.97 Å². The van der Waals surface area contributed by atoms with Crippen LogP contribution < -0.4 is 0 Å². The van der Waals surface area contributed by atoms with Crippen LogP contribution >= 0.6 is 0 Å². The smallest absolute Gasteiger partial charge is 0.327 e. The molecule has 4 nitrogen and oxygen atoms in total. The van der Waals surface area contributed by atoms with Crippen molar-refractivity contribution in [3.8, 4) is 0 Å². The molecule has 0 bridgehead atoms. The second-order valence-electron chi connectivity index (χ2n) is 1.29. The van der Waals surface area contributed by atoms with Gasteiger partial charge in [0.05, 0.1) is 0 Å². The molecule has 0 radical (unpaired) electrons. The molecular formula is C9H12O4. The summed E-state index contributed by atoms with van der Waals surface area (Å²) in [7, 11) is 0. The average Bonchev–Trinajstić information content (AvgIpc) is 2.18. The number of carboxylic acid groups (broad SMARTS) is 1. The Labute approximate surface area is 76.9 Å². The molecule has 0 atom stereocenters. The second kappa shape index (κ2) is 22.5. The van der Waals surface area contributed by atoms with E-state index in [0.29, 0.717) is 12.6 Å². The minimum absolute atomic E-state index is 0.639. The molecule has 13 heavy (non-hydrogen) atoms. The predicted molar refractivity (Wildman–Crippen MR) is 50.4 cm³/mol. The molecule has 1 N–H and O–H groups in total. The molecule has 0 heterocycles. The minimum Gasteiger partial charge on any atom is -0.478 e. The van der Waals surface area contributed by atoms with Crippen LogP contribution in [0, 0.1) is 0 Å². The maximum atomic E-state index is 9.25. The van der Waals surface area contributed by atoms with Crippen molar-refractivity contribution in [2.75, 3.05) is 0 Å². The number of carboxylic acids is 1. The molecule has 0 aromatic rings. The molecule has 0 aliphatic carbocycles. The summed E-state index contributed by atoms with van der Waals surface area (Å²) in [6, 6.07) is 0. The van der Waals surface area contributed by atoms with Gasteiger partial charge in [-0.3, -0.25) is 9.59 Å². The Balaban J connectivity index is -0.000000117. The lowest BCUT2D eigenvalue weighted by molar-refractivity contribution is -0.131. The summed E-state index contributed by atoms with van der Waals surface area (Å²) < 4.78 is 0. The first-order valence-electron chi connectivity index (χ1n) is 3.08. The number of carbonyl (C=O) groups excluding carboxylic acids is 2. The van der Waals surface area contributed by atoms with Gasteiger partial charge < -0.3 is 5.11 Å². The van der Waals surface area contributed by atoms with Crippen LogP contribution in [0.4, 0.5) is 0 Å². The number of carbonyl (C=O) groups is 3. The zero-order valence-corrected chi connectivity index (χ0v) is 7.18. The first kappa shape index (κ1) is 17.2. The van der Waals surface area contributed by atoms with Crippen LogP contribution in [0.2, 0.25) is 0 Å². The van der Waals surface area contributed by atoms with E-state index in [-0.39, 0.29) is 0 Å². The molecule has 0 unspecified atom stereocenters. The molecule has 0 aliphatic heterocycles. The highest BCUT2D eigenvalue weighted by atomic mass is 16.4. The van der Waals surface area contributed by atoms with E-state index in [4.69, 9.17) is 14.7 Å². The Bertz CT molecular complexity index is 158. The molecule has 0 aliphatic rings. The van der Waals surface area contributed by atoms with Gasteiger partial charge in [-0.25, -0.2) is 4.79 Å². The summed E-state index contributed by atoms with van der Waals surface area (Å²) in [5.74, 6) is -0.981. The van der Waals surface area contributed by atoms with E-state index < -0.39 is 5.97 Å². The third-order valence-electron chi connectivity index (χ3n) is 0.367. The van der Waals surface area contributed by atoms with Crippen LogP contribution in [0.3, 0.4) is 0 Å². The van der Waals surface area contributed by atoms with Crippen molar-refractivity contribution in [1.82, 2.24) is 0 Å². The van der Waals surface area contributed by atoms with Crippen LogP contribution in [0.25, 0.3) is 0 Å². The quantitative estimate of drug-likeness (QED) is 0.524. The molecule has 0 saturated heterocycles. The van der Waals surface area contributed by atoms with E-state index in [2.05, 4.69) is 19.7 Å². The van der Waals surface area contributed by atoms with Crippen molar-refractivity contribution in [1.29, 1.82) is 0 Å². The summed E-state index contributed by atoms with van der Waals surface area (Å²) >= 11 is 0. The standard InChI is InChI=1S/C3H4O2.2C3H4O/c1-2-3(4)5;2*1-2-3-4/h2H,1H2,(H,4,5);2*2-3H,1H2. The fourth-order valence-corrected chi connectivity index (χ4v) is 0. The fraction of sp³-hybridized carbons (Fsp3) is 0. The number of allylic oxidation sites excluding steroid dienone is 2. The topological polar surface area (TPSA) is 71.4 Å². The van der Waals surface area contributed by atoms with E-state index in [9.17, 15) is 4.79 Å². The van der Waals surface area contributed by atoms with Gasteiger partial charge in [0.1, 0.15) is 12.6 Å². The largest absolute Gasteiger partial charge is 0.478 e. The van der Waals surface area contributed by atoms with Gasteiger partial charge in [0.2, 0.25) is 0 Å². The average molecular weight is 184 g/mol. The lowest BCUT2D eigenvalue weighted by Crippen LogP contribution is -1.82. The Morgan fingerprint density at radius 1 is 1.00 bits per heavy atom. The van der Waals surface area contributed by atoms with Crippen molar-refractivity contribution in [3.05, 3.63) is 38.0 Å². The lowest BCUT2D eigenvalue weighted by atomic mass is 10.7.